The highest BCUT2D eigenvalue weighted by molar-refractivity contribution is 7.10. The van der Waals surface area contributed by atoms with Crippen LogP contribution in [0, 0.1) is 5.82 Å². The molecular weight excluding hydrogens is 353 g/mol. The summed E-state index contributed by atoms with van der Waals surface area (Å²) in [6.45, 7) is 2.03. The molecular formula is C19H22FN3O2S. The van der Waals surface area contributed by atoms with Crippen molar-refractivity contribution in [3.63, 3.8) is 0 Å². The Hall–Kier alpha value is -2.41. The fraction of sp³-hybridized carbons (Fsp3) is 0.368. The van der Waals surface area contributed by atoms with Gasteiger partial charge in [-0.2, -0.15) is 0 Å². The highest BCUT2D eigenvalue weighted by Gasteiger charge is 2.21. The first kappa shape index (κ1) is 18.4. The molecule has 0 radical (unpaired) electrons. The Morgan fingerprint density at radius 1 is 1.15 bits per heavy atom. The van der Waals surface area contributed by atoms with Gasteiger partial charge in [-0.1, -0.05) is 18.2 Å². The van der Waals surface area contributed by atoms with E-state index in [1.807, 2.05) is 4.90 Å². The van der Waals surface area contributed by atoms with Crippen LogP contribution in [-0.2, 0) is 24.2 Å². The van der Waals surface area contributed by atoms with Crippen LogP contribution >= 0.6 is 11.3 Å². The predicted molar refractivity (Wildman–Crippen MR) is 99.6 cm³/mol. The van der Waals surface area contributed by atoms with E-state index in [-0.39, 0.29) is 30.7 Å². The molecule has 1 aliphatic heterocycles. The molecule has 3 amide bonds. The Balaban J connectivity index is 1.32. The van der Waals surface area contributed by atoms with Gasteiger partial charge in [0.2, 0.25) is 5.91 Å². The number of hydrogen-bond donors (Lipinski definition) is 2. The van der Waals surface area contributed by atoms with E-state index in [0.29, 0.717) is 25.1 Å². The summed E-state index contributed by atoms with van der Waals surface area (Å²) >= 11 is 1.74. The Bertz CT molecular complexity index is 778. The first-order valence-corrected chi connectivity index (χ1v) is 9.59. The number of hydrogen-bond acceptors (Lipinski definition) is 3. The summed E-state index contributed by atoms with van der Waals surface area (Å²) in [5.41, 5.74) is 1.80. The van der Waals surface area contributed by atoms with E-state index in [9.17, 15) is 14.0 Å². The molecule has 1 aromatic heterocycles. The highest BCUT2D eigenvalue weighted by atomic mass is 32.1. The third kappa shape index (κ3) is 4.82. The molecule has 0 saturated heterocycles. The monoisotopic (exact) mass is 375 g/mol. The van der Waals surface area contributed by atoms with Gasteiger partial charge in [-0.3, -0.25) is 4.79 Å². The molecule has 7 heteroatoms. The number of urea groups is 1. The average molecular weight is 375 g/mol. The van der Waals surface area contributed by atoms with Crippen LogP contribution in [0.25, 0.3) is 0 Å². The zero-order valence-electron chi connectivity index (χ0n) is 14.5. The van der Waals surface area contributed by atoms with E-state index in [1.165, 1.54) is 16.5 Å². The average Bonchev–Trinajstić information content (AvgIpc) is 3.11. The fourth-order valence-corrected chi connectivity index (χ4v) is 3.87. The van der Waals surface area contributed by atoms with Gasteiger partial charge < -0.3 is 15.5 Å². The van der Waals surface area contributed by atoms with Crippen LogP contribution in [0.3, 0.4) is 0 Å². The maximum Gasteiger partial charge on any atom is 0.314 e. The van der Waals surface area contributed by atoms with E-state index >= 15 is 0 Å². The van der Waals surface area contributed by atoms with Crippen molar-refractivity contribution < 1.29 is 14.0 Å². The number of carbonyl (C=O) groups excluding carboxylic acids is 2. The second kappa shape index (κ2) is 8.80. The van der Waals surface area contributed by atoms with Crippen LogP contribution in [0.15, 0.2) is 35.7 Å². The molecule has 1 aromatic carbocycles. The van der Waals surface area contributed by atoms with Crippen molar-refractivity contribution in [3.8, 4) is 0 Å². The Morgan fingerprint density at radius 3 is 2.81 bits per heavy atom. The molecule has 26 heavy (non-hydrogen) atoms. The number of fused-ring (bicyclic) bond motifs is 1. The van der Waals surface area contributed by atoms with Crippen LogP contribution in [0.1, 0.15) is 22.4 Å². The number of rotatable bonds is 6. The lowest BCUT2D eigenvalue weighted by Crippen LogP contribution is -2.40. The fourth-order valence-electron chi connectivity index (χ4n) is 2.98. The lowest BCUT2D eigenvalue weighted by atomic mass is 10.1. The van der Waals surface area contributed by atoms with Crippen LogP contribution in [0.5, 0.6) is 0 Å². The number of nitrogens with one attached hydrogen (secondary N) is 2. The molecule has 0 bridgehead atoms. The summed E-state index contributed by atoms with van der Waals surface area (Å²) in [6, 6.07) is 8.24. The van der Waals surface area contributed by atoms with Gasteiger partial charge in [0.1, 0.15) is 5.82 Å². The number of halogens is 1. The molecule has 0 saturated carbocycles. The molecule has 0 atom stereocenters. The maximum atomic E-state index is 13.5. The zero-order chi connectivity index (χ0) is 18.4. The van der Waals surface area contributed by atoms with Crippen LogP contribution in [0.2, 0.25) is 0 Å². The summed E-state index contributed by atoms with van der Waals surface area (Å²) in [5, 5.41) is 7.42. The topological polar surface area (TPSA) is 61.4 Å². The summed E-state index contributed by atoms with van der Waals surface area (Å²) in [6.07, 6.45) is 1.61. The smallest absolute Gasteiger partial charge is 0.314 e. The Labute approximate surface area is 156 Å². The van der Waals surface area contributed by atoms with Crippen molar-refractivity contribution in [2.45, 2.75) is 25.8 Å². The molecule has 3 rings (SSSR count). The predicted octanol–water partition coefficient (Wildman–Crippen LogP) is 2.70. The van der Waals surface area contributed by atoms with Gasteiger partial charge >= 0.3 is 6.03 Å². The standard InChI is InChI=1S/C19H22FN3O2S/c20-16-4-2-1-3-14(16)5-9-21-19(25)22-10-6-18(24)23-11-7-17-15(13-23)8-12-26-17/h1-4,8,12H,5-7,9-11,13H2,(H2,21,22,25). The molecule has 138 valence electrons. The molecule has 2 heterocycles. The number of benzene rings is 1. The minimum Gasteiger partial charge on any atom is -0.338 e. The van der Waals surface area contributed by atoms with Crippen LogP contribution < -0.4 is 10.6 Å². The second-order valence-corrected chi connectivity index (χ2v) is 7.21. The van der Waals surface area contributed by atoms with Gasteiger partial charge in [-0.15, -0.1) is 11.3 Å². The lowest BCUT2D eigenvalue weighted by molar-refractivity contribution is -0.131. The largest absolute Gasteiger partial charge is 0.338 e. The third-order valence-corrected chi connectivity index (χ3v) is 5.45. The van der Waals surface area contributed by atoms with Crippen molar-refractivity contribution in [3.05, 3.63) is 57.5 Å². The number of nitrogens with zero attached hydrogens (tertiary/aromatic N) is 1. The minimum absolute atomic E-state index is 0.0495. The van der Waals surface area contributed by atoms with E-state index in [1.54, 1.807) is 29.5 Å². The SMILES string of the molecule is O=C(NCCC(=O)N1CCc2sccc2C1)NCCc1ccccc1F. The number of thiophene rings is 1. The van der Waals surface area contributed by atoms with Crippen LogP contribution in [0.4, 0.5) is 9.18 Å². The van der Waals surface area contributed by atoms with Crippen molar-refractivity contribution in [1.82, 2.24) is 15.5 Å². The molecule has 0 spiro atoms. The minimum atomic E-state index is -0.340. The van der Waals surface area contributed by atoms with Gasteiger partial charge in [0.15, 0.2) is 0 Å². The van der Waals surface area contributed by atoms with Gasteiger partial charge in [0.25, 0.3) is 0 Å². The molecule has 0 unspecified atom stereocenters. The van der Waals surface area contributed by atoms with Crippen molar-refractivity contribution in [2.24, 2.45) is 0 Å². The van der Waals surface area contributed by atoms with Crippen LogP contribution in [-0.4, -0.2) is 36.5 Å². The molecule has 1 aliphatic rings. The van der Waals surface area contributed by atoms with E-state index < -0.39 is 0 Å². The molecule has 5 nitrogen and oxygen atoms in total. The zero-order valence-corrected chi connectivity index (χ0v) is 15.3. The van der Waals surface area contributed by atoms with Gasteiger partial charge in [-0.25, -0.2) is 9.18 Å². The third-order valence-electron chi connectivity index (χ3n) is 4.42. The molecule has 2 N–H and O–H groups in total. The van der Waals surface area contributed by atoms with Gasteiger partial charge in [0.05, 0.1) is 0 Å². The quantitative estimate of drug-likeness (QED) is 0.816. The first-order valence-electron chi connectivity index (χ1n) is 8.71. The van der Waals surface area contributed by atoms with Crippen molar-refractivity contribution in [1.29, 1.82) is 0 Å². The van der Waals surface area contributed by atoms with Crippen molar-refractivity contribution in [2.75, 3.05) is 19.6 Å². The van der Waals surface area contributed by atoms with E-state index in [0.717, 1.165) is 13.0 Å². The maximum absolute atomic E-state index is 13.5. The van der Waals surface area contributed by atoms with Gasteiger partial charge in [0, 0.05) is 37.5 Å². The lowest BCUT2D eigenvalue weighted by Gasteiger charge is -2.27. The van der Waals surface area contributed by atoms with E-state index in [2.05, 4.69) is 22.1 Å². The number of amides is 3. The Morgan fingerprint density at radius 2 is 1.96 bits per heavy atom. The number of carbonyl (C=O) groups is 2. The second-order valence-electron chi connectivity index (χ2n) is 6.21. The molecule has 0 fully saturated rings. The summed E-state index contributed by atoms with van der Waals surface area (Å²) in [5.74, 6) is -0.218. The highest BCUT2D eigenvalue weighted by Crippen LogP contribution is 2.24. The first-order chi connectivity index (χ1) is 12.6. The summed E-state index contributed by atoms with van der Waals surface area (Å²) in [4.78, 5) is 27.2. The molecule has 0 aliphatic carbocycles. The normalized spacial score (nSPS) is 13.2. The molecule has 2 aromatic rings. The summed E-state index contributed by atoms with van der Waals surface area (Å²) in [7, 11) is 0. The van der Waals surface area contributed by atoms with Gasteiger partial charge in [-0.05, 0) is 41.5 Å². The summed E-state index contributed by atoms with van der Waals surface area (Å²) < 4.78 is 13.5. The van der Waals surface area contributed by atoms with Crippen molar-refractivity contribution >= 4 is 23.3 Å². The van der Waals surface area contributed by atoms with E-state index in [4.69, 9.17) is 0 Å². The Kier molecular flexibility index (Phi) is 6.22.